The van der Waals surface area contributed by atoms with Gasteiger partial charge in [0.1, 0.15) is 0 Å². The molecule has 1 aromatic carbocycles. The van der Waals surface area contributed by atoms with Gasteiger partial charge in [0.05, 0.1) is 34.9 Å². The van der Waals surface area contributed by atoms with E-state index in [2.05, 4.69) is 10.4 Å². The van der Waals surface area contributed by atoms with Crippen LogP contribution in [-0.4, -0.2) is 30.4 Å². The molecule has 1 N–H and O–H groups in total. The predicted octanol–water partition coefficient (Wildman–Crippen LogP) is 2.43. The molecule has 0 saturated carbocycles. The van der Waals surface area contributed by atoms with Crippen molar-refractivity contribution in [1.82, 2.24) is 9.78 Å². The molecule has 3 aromatic rings. The molecule has 0 aliphatic carbocycles. The maximum Gasteiger partial charge on any atom is 0.291 e. The van der Waals surface area contributed by atoms with Gasteiger partial charge in [0.2, 0.25) is 0 Å². The Morgan fingerprint density at radius 2 is 2.00 bits per heavy atom. The predicted molar refractivity (Wildman–Crippen MR) is 88.1 cm³/mol. The van der Waals surface area contributed by atoms with Crippen LogP contribution in [0.25, 0.3) is 5.69 Å². The van der Waals surface area contributed by atoms with E-state index in [1.165, 1.54) is 23.2 Å². The molecule has 0 bridgehead atoms. The summed E-state index contributed by atoms with van der Waals surface area (Å²) in [5.41, 5.74) is 1.57. The third-order valence-electron chi connectivity index (χ3n) is 3.42. The maximum atomic E-state index is 12.1. The first-order chi connectivity index (χ1) is 11.4. The molecule has 0 saturated heterocycles. The normalized spacial score (nSPS) is 11.4. The Hall–Kier alpha value is -2.87. The summed E-state index contributed by atoms with van der Waals surface area (Å²) in [7, 11) is -3.40. The van der Waals surface area contributed by atoms with E-state index < -0.39 is 15.7 Å². The van der Waals surface area contributed by atoms with Crippen molar-refractivity contribution in [3.63, 3.8) is 0 Å². The number of para-hydroxylation sites is 1. The number of aromatic nitrogens is 2. The zero-order chi connectivity index (χ0) is 17.3. The third kappa shape index (κ3) is 3.09. The van der Waals surface area contributed by atoms with E-state index in [4.69, 9.17) is 4.42 Å². The number of nitrogens with zero attached hydrogens (tertiary/aromatic N) is 2. The topological polar surface area (TPSA) is 94.2 Å². The van der Waals surface area contributed by atoms with Gasteiger partial charge in [-0.1, -0.05) is 12.1 Å². The summed E-state index contributed by atoms with van der Waals surface area (Å²) >= 11 is 0. The number of sulfone groups is 1. The number of anilines is 1. The Labute approximate surface area is 138 Å². The first kappa shape index (κ1) is 16.0. The van der Waals surface area contributed by atoms with Crippen molar-refractivity contribution in [1.29, 1.82) is 0 Å². The van der Waals surface area contributed by atoms with Gasteiger partial charge in [0, 0.05) is 11.8 Å². The molecule has 124 valence electrons. The lowest BCUT2D eigenvalue weighted by Gasteiger charge is -2.07. The maximum absolute atomic E-state index is 12.1. The fourth-order valence-electron chi connectivity index (χ4n) is 2.27. The van der Waals surface area contributed by atoms with Crippen molar-refractivity contribution >= 4 is 21.4 Å². The molecule has 3 rings (SSSR count). The van der Waals surface area contributed by atoms with Crippen molar-refractivity contribution in [3.05, 3.63) is 60.3 Å². The number of nitrogens with one attached hydrogen (secondary N) is 1. The second-order valence-corrected chi connectivity index (χ2v) is 7.28. The Bertz CT molecular complexity index is 1000. The quantitative estimate of drug-likeness (QED) is 0.784. The van der Waals surface area contributed by atoms with Crippen LogP contribution in [0.4, 0.5) is 5.69 Å². The molecule has 0 atom stereocenters. The average molecular weight is 345 g/mol. The zero-order valence-electron chi connectivity index (χ0n) is 13.1. The van der Waals surface area contributed by atoms with E-state index in [1.807, 2.05) is 0 Å². The molecule has 24 heavy (non-hydrogen) atoms. The second kappa shape index (κ2) is 5.97. The number of aryl methyl sites for hydroxylation is 1. The first-order valence-electron chi connectivity index (χ1n) is 7.06. The van der Waals surface area contributed by atoms with Crippen LogP contribution in [0.3, 0.4) is 0 Å². The van der Waals surface area contributed by atoms with Gasteiger partial charge in [0.15, 0.2) is 15.6 Å². The minimum absolute atomic E-state index is 0.160. The molecule has 0 radical (unpaired) electrons. The van der Waals surface area contributed by atoms with Gasteiger partial charge in [-0.3, -0.25) is 4.79 Å². The van der Waals surface area contributed by atoms with E-state index in [0.717, 1.165) is 11.8 Å². The van der Waals surface area contributed by atoms with E-state index >= 15 is 0 Å². The Balaban J connectivity index is 1.90. The number of carbonyl (C=O) groups excluding carboxylic acids is 1. The van der Waals surface area contributed by atoms with Gasteiger partial charge < -0.3 is 9.73 Å². The molecule has 8 heteroatoms. The molecular formula is C16H15N3O4S. The number of rotatable bonds is 4. The Morgan fingerprint density at radius 1 is 1.25 bits per heavy atom. The van der Waals surface area contributed by atoms with Crippen LogP contribution in [0.2, 0.25) is 0 Å². The summed E-state index contributed by atoms with van der Waals surface area (Å²) in [6, 6.07) is 8.21. The number of hydrogen-bond acceptors (Lipinski definition) is 5. The molecule has 1 amide bonds. The number of benzene rings is 1. The molecule has 2 aromatic heterocycles. The zero-order valence-corrected chi connectivity index (χ0v) is 13.9. The molecule has 0 unspecified atom stereocenters. The average Bonchev–Trinajstić information content (AvgIpc) is 3.15. The van der Waals surface area contributed by atoms with Gasteiger partial charge in [-0.15, -0.1) is 0 Å². The third-order valence-corrected chi connectivity index (χ3v) is 4.56. The van der Waals surface area contributed by atoms with Crippen LogP contribution in [0.15, 0.2) is 58.3 Å². The second-order valence-electron chi connectivity index (χ2n) is 5.30. The van der Waals surface area contributed by atoms with Crippen LogP contribution < -0.4 is 5.32 Å². The van der Waals surface area contributed by atoms with E-state index in [0.29, 0.717) is 11.4 Å². The summed E-state index contributed by atoms with van der Waals surface area (Å²) in [6.45, 7) is 1.77. The molecule has 0 spiro atoms. The monoisotopic (exact) mass is 345 g/mol. The van der Waals surface area contributed by atoms with Crippen LogP contribution in [0.1, 0.15) is 16.1 Å². The summed E-state index contributed by atoms with van der Waals surface area (Å²) in [4.78, 5) is 12.3. The lowest BCUT2D eigenvalue weighted by Crippen LogP contribution is -2.11. The fourth-order valence-corrected chi connectivity index (χ4v) is 3.14. The minimum atomic E-state index is -3.40. The van der Waals surface area contributed by atoms with Crippen molar-refractivity contribution in [2.75, 3.05) is 11.6 Å². The van der Waals surface area contributed by atoms with Crippen molar-refractivity contribution in [2.24, 2.45) is 0 Å². The summed E-state index contributed by atoms with van der Waals surface area (Å²) < 4.78 is 30.3. The molecule has 7 nitrogen and oxygen atoms in total. The van der Waals surface area contributed by atoms with Crippen LogP contribution in [0.5, 0.6) is 0 Å². The number of carbonyl (C=O) groups is 1. The number of furan rings is 1. The number of amides is 1. The summed E-state index contributed by atoms with van der Waals surface area (Å²) in [5, 5.41) is 6.79. The van der Waals surface area contributed by atoms with Crippen molar-refractivity contribution in [2.45, 2.75) is 11.8 Å². The van der Waals surface area contributed by atoms with Gasteiger partial charge in [-0.25, -0.2) is 13.1 Å². The van der Waals surface area contributed by atoms with Crippen LogP contribution >= 0.6 is 0 Å². The van der Waals surface area contributed by atoms with E-state index in [-0.39, 0.29) is 10.7 Å². The molecule has 2 heterocycles. The lowest BCUT2D eigenvalue weighted by molar-refractivity contribution is 0.0996. The molecule has 0 fully saturated rings. The standard InChI is InChI=1S/C16H15N3O4S/c1-11-7-8-23-15(11)16(20)18-12-9-17-19(10-12)13-5-3-4-6-14(13)24(2,21)22/h3-10H,1-2H3,(H,18,20). The lowest BCUT2D eigenvalue weighted by atomic mass is 10.2. The van der Waals surface area contributed by atoms with Gasteiger partial charge in [-0.05, 0) is 25.1 Å². The van der Waals surface area contributed by atoms with Crippen molar-refractivity contribution < 1.29 is 17.6 Å². The largest absolute Gasteiger partial charge is 0.459 e. The number of hydrogen-bond donors (Lipinski definition) is 1. The highest BCUT2D eigenvalue weighted by atomic mass is 32.2. The highest BCUT2D eigenvalue weighted by Crippen LogP contribution is 2.21. The van der Waals surface area contributed by atoms with E-state index in [9.17, 15) is 13.2 Å². The van der Waals surface area contributed by atoms with Gasteiger partial charge >= 0.3 is 0 Å². The Kier molecular flexibility index (Phi) is 3.98. The molecule has 0 aliphatic heterocycles. The smallest absolute Gasteiger partial charge is 0.291 e. The minimum Gasteiger partial charge on any atom is -0.459 e. The molecule has 0 aliphatic rings. The van der Waals surface area contributed by atoms with E-state index in [1.54, 1.807) is 37.4 Å². The highest BCUT2D eigenvalue weighted by molar-refractivity contribution is 7.90. The fraction of sp³-hybridized carbons (Fsp3) is 0.125. The summed E-state index contributed by atoms with van der Waals surface area (Å²) in [5.74, 6) is -0.173. The first-order valence-corrected chi connectivity index (χ1v) is 8.95. The SMILES string of the molecule is Cc1ccoc1C(=O)Nc1cnn(-c2ccccc2S(C)(=O)=O)c1. The van der Waals surface area contributed by atoms with Gasteiger partial charge in [-0.2, -0.15) is 5.10 Å². The van der Waals surface area contributed by atoms with Crippen LogP contribution in [0, 0.1) is 6.92 Å². The van der Waals surface area contributed by atoms with Crippen LogP contribution in [-0.2, 0) is 9.84 Å². The Morgan fingerprint density at radius 3 is 2.67 bits per heavy atom. The van der Waals surface area contributed by atoms with Crippen molar-refractivity contribution in [3.8, 4) is 5.69 Å². The summed E-state index contributed by atoms with van der Waals surface area (Å²) in [6.07, 6.45) is 5.56. The van der Waals surface area contributed by atoms with Gasteiger partial charge in [0.25, 0.3) is 5.91 Å². The highest BCUT2D eigenvalue weighted by Gasteiger charge is 2.17. The molecular weight excluding hydrogens is 330 g/mol.